The fourth-order valence-electron chi connectivity index (χ4n) is 4.90. The van der Waals surface area contributed by atoms with Crippen molar-refractivity contribution in [3.8, 4) is 0 Å². The average molecular weight is 391 g/mol. The van der Waals surface area contributed by atoms with Gasteiger partial charge in [0.2, 0.25) is 5.91 Å². The van der Waals surface area contributed by atoms with Crippen LogP contribution in [0.25, 0.3) is 0 Å². The lowest BCUT2D eigenvalue weighted by Gasteiger charge is -2.42. The average Bonchev–Trinajstić information content (AvgIpc) is 2.79. The van der Waals surface area contributed by atoms with E-state index in [-0.39, 0.29) is 11.8 Å². The van der Waals surface area contributed by atoms with Gasteiger partial charge in [-0.3, -0.25) is 9.59 Å². The van der Waals surface area contributed by atoms with Gasteiger partial charge < -0.3 is 10.2 Å². The molecule has 3 atom stereocenters. The number of fused-ring (bicyclic) bond motifs is 1. The van der Waals surface area contributed by atoms with Crippen LogP contribution in [0.3, 0.4) is 0 Å². The van der Waals surface area contributed by atoms with Crippen molar-refractivity contribution in [2.45, 2.75) is 44.6 Å². The second-order valence-corrected chi connectivity index (χ2v) is 8.46. The number of piperidine rings is 1. The van der Waals surface area contributed by atoms with Gasteiger partial charge in [0.05, 0.1) is 0 Å². The molecular formula is C25H30N2O2. The van der Waals surface area contributed by atoms with Gasteiger partial charge in [0, 0.05) is 25.1 Å². The summed E-state index contributed by atoms with van der Waals surface area (Å²) in [6.45, 7) is 1.66. The molecule has 4 nitrogen and oxygen atoms in total. The molecule has 1 aliphatic heterocycles. The summed E-state index contributed by atoms with van der Waals surface area (Å²) in [7, 11) is 0. The quantitative estimate of drug-likeness (QED) is 0.837. The van der Waals surface area contributed by atoms with Gasteiger partial charge in [0.1, 0.15) is 6.04 Å². The molecule has 1 saturated heterocycles. The van der Waals surface area contributed by atoms with Crippen molar-refractivity contribution in [2.24, 2.45) is 11.8 Å². The zero-order chi connectivity index (χ0) is 20.1. The fourth-order valence-corrected chi connectivity index (χ4v) is 4.90. The Kier molecular flexibility index (Phi) is 6.28. The maximum absolute atomic E-state index is 13.5. The molecule has 2 aromatic carbocycles. The third kappa shape index (κ3) is 4.87. The number of nitrogens with one attached hydrogen (secondary N) is 1. The van der Waals surface area contributed by atoms with Gasteiger partial charge in [-0.1, -0.05) is 67.8 Å². The molecule has 0 spiro atoms. The summed E-state index contributed by atoms with van der Waals surface area (Å²) in [5.74, 6) is 1.28. The first-order valence-electron chi connectivity index (χ1n) is 10.9. The summed E-state index contributed by atoms with van der Waals surface area (Å²) in [5.41, 5.74) is 1.65. The molecule has 1 heterocycles. The van der Waals surface area contributed by atoms with E-state index in [1.54, 1.807) is 12.1 Å². The van der Waals surface area contributed by atoms with Crippen molar-refractivity contribution in [3.05, 3.63) is 71.8 Å². The van der Waals surface area contributed by atoms with Crippen LogP contribution in [0.15, 0.2) is 60.7 Å². The van der Waals surface area contributed by atoms with Crippen molar-refractivity contribution < 1.29 is 9.59 Å². The molecule has 0 radical (unpaired) electrons. The molecule has 1 aliphatic carbocycles. The second kappa shape index (κ2) is 9.25. The Hall–Kier alpha value is -2.62. The summed E-state index contributed by atoms with van der Waals surface area (Å²) in [5, 5.41) is 3.02. The highest BCUT2D eigenvalue weighted by atomic mass is 16.2. The summed E-state index contributed by atoms with van der Waals surface area (Å²) in [4.78, 5) is 28.2. The van der Waals surface area contributed by atoms with E-state index in [1.165, 1.54) is 25.7 Å². The highest BCUT2D eigenvalue weighted by Gasteiger charge is 2.35. The summed E-state index contributed by atoms with van der Waals surface area (Å²) in [6, 6.07) is 18.6. The van der Waals surface area contributed by atoms with E-state index >= 15 is 0 Å². The first kappa shape index (κ1) is 19.7. The van der Waals surface area contributed by atoms with Gasteiger partial charge in [0.25, 0.3) is 5.91 Å². The van der Waals surface area contributed by atoms with Gasteiger partial charge in [-0.15, -0.1) is 0 Å². The Morgan fingerprint density at radius 2 is 1.55 bits per heavy atom. The van der Waals surface area contributed by atoms with Crippen molar-refractivity contribution in [2.75, 3.05) is 13.1 Å². The molecule has 4 rings (SSSR count). The normalized spacial score (nSPS) is 22.4. The number of carbonyl (C=O) groups excluding carboxylic acids is 2. The highest BCUT2D eigenvalue weighted by Crippen LogP contribution is 2.36. The summed E-state index contributed by atoms with van der Waals surface area (Å²) < 4.78 is 0. The molecule has 2 fully saturated rings. The standard InChI is InChI=1S/C25H30N2O2/c28-24(21-12-5-2-6-13-21)26-23(17-19-9-3-1-4-10-19)25(29)27-16-15-20-11-7-8-14-22(20)18-27/h1-6,9-10,12-13,20,22-23H,7-8,11,14-18H2,(H,26,28)/t20-,22-,23-/m1/s1. The van der Waals surface area contributed by atoms with E-state index in [4.69, 9.17) is 0 Å². The third-order valence-corrected chi connectivity index (χ3v) is 6.52. The minimum absolute atomic E-state index is 0.0576. The van der Waals surface area contributed by atoms with Crippen LogP contribution >= 0.6 is 0 Å². The smallest absolute Gasteiger partial charge is 0.251 e. The van der Waals surface area contributed by atoms with E-state index in [2.05, 4.69) is 5.32 Å². The van der Waals surface area contributed by atoms with Crippen LogP contribution in [-0.4, -0.2) is 35.8 Å². The van der Waals surface area contributed by atoms with E-state index in [0.29, 0.717) is 17.9 Å². The molecule has 29 heavy (non-hydrogen) atoms. The van der Waals surface area contributed by atoms with E-state index in [9.17, 15) is 9.59 Å². The third-order valence-electron chi connectivity index (χ3n) is 6.52. The Morgan fingerprint density at radius 1 is 0.897 bits per heavy atom. The zero-order valence-corrected chi connectivity index (χ0v) is 16.9. The Bertz CT molecular complexity index is 821. The molecular weight excluding hydrogens is 360 g/mol. The number of carbonyl (C=O) groups is 2. The predicted molar refractivity (Wildman–Crippen MR) is 114 cm³/mol. The lowest BCUT2D eigenvalue weighted by atomic mass is 9.75. The van der Waals surface area contributed by atoms with Crippen LogP contribution in [0.4, 0.5) is 0 Å². The number of amides is 2. The second-order valence-electron chi connectivity index (χ2n) is 8.46. The minimum atomic E-state index is -0.537. The number of benzene rings is 2. The number of hydrogen-bond donors (Lipinski definition) is 1. The molecule has 2 aliphatic rings. The molecule has 0 bridgehead atoms. The number of nitrogens with zero attached hydrogens (tertiary/aromatic N) is 1. The molecule has 152 valence electrons. The summed E-state index contributed by atoms with van der Waals surface area (Å²) >= 11 is 0. The number of hydrogen-bond acceptors (Lipinski definition) is 2. The predicted octanol–water partition coefficient (Wildman–Crippen LogP) is 4.07. The van der Waals surface area contributed by atoms with Crippen molar-refractivity contribution in [1.29, 1.82) is 0 Å². The van der Waals surface area contributed by atoms with Gasteiger partial charge in [-0.25, -0.2) is 0 Å². The Morgan fingerprint density at radius 3 is 2.28 bits per heavy atom. The van der Waals surface area contributed by atoms with E-state index in [1.807, 2.05) is 53.4 Å². The largest absolute Gasteiger partial charge is 0.341 e. The molecule has 4 heteroatoms. The van der Waals surface area contributed by atoms with Gasteiger partial charge >= 0.3 is 0 Å². The lowest BCUT2D eigenvalue weighted by Crippen LogP contribution is -2.53. The monoisotopic (exact) mass is 390 g/mol. The van der Waals surface area contributed by atoms with Crippen LogP contribution in [0.1, 0.15) is 48.0 Å². The molecule has 0 unspecified atom stereocenters. The topological polar surface area (TPSA) is 49.4 Å². The molecule has 1 N–H and O–H groups in total. The van der Waals surface area contributed by atoms with Gasteiger partial charge in [-0.05, 0) is 42.4 Å². The molecule has 0 aromatic heterocycles. The fraction of sp³-hybridized carbons (Fsp3) is 0.440. The van der Waals surface area contributed by atoms with Crippen LogP contribution < -0.4 is 5.32 Å². The van der Waals surface area contributed by atoms with E-state index < -0.39 is 6.04 Å². The number of rotatable bonds is 5. The number of likely N-dealkylation sites (tertiary alicyclic amines) is 1. The maximum Gasteiger partial charge on any atom is 0.251 e. The van der Waals surface area contributed by atoms with Crippen molar-refractivity contribution in [1.82, 2.24) is 10.2 Å². The van der Waals surface area contributed by atoms with Crippen LogP contribution in [-0.2, 0) is 11.2 Å². The van der Waals surface area contributed by atoms with Crippen molar-refractivity contribution >= 4 is 11.8 Å². The van der Waals surface area contributed by atoms with Crippen molar-refractivity contribution in [3.63, 3.8) is 0 Å². The lowest BCUT2D eigenvalue weighted by molar-refractivity contribution is -0.136. The SMILES string of the molecule is O=C(N[C@H](Cc1ccccc1)C(=O)N1CC[C@H]2CCCC[C@@H]2C1)c1ccccc1. The zero-order valence-electron chi connectivity index (χ0n) is 16.9. The Balaban J connectivity index is 1.49. The minimum Gasteiger partial charge on any atom is -0.341 e. The van der Waals surface area contributed by atoms with Crippen LogP contribution in [0.2, 0.25) is 0 Å². The molecule has 1 saturated carbocycles. The molecule has 2 aromatic rings. The first-order valence-corrected chi connectivity index (χ1v) is 10.9. The van der Waals surface area contributed by atoms with Gasteiger partial charge in [0.15, 0.2) is 0 Å². The van der Waals surface area contributed by atoms with E-state index in [0.717, 1.165) is 31.0 Å². The first-order chi connectivity index (χ1) is 14.2. The summed E-state index contributed by atoms with van der Waals surface area (Å²) in [6.07, 6.45) is 6.77. The van der Waals surface area contributed by atoms with Gasteiger partial charge in [-0.2, -0.15) is 0 Å². The maximum atomic E-state index is 13.5. The van der Waals surface area contributed by atoms with Crippen LogP contribution in [0.5, 0.6) is 0 Å². The van der Waals surface area contributed by atoms with Crippen LogP contribution in [0, 0.1) is 11.8 Å². The molecule has 2 amide bonds. The highest BCUT2D eigenvalue weighted by molar-refractivity contribution is 5.97. The Labute approximate surface area is 173 Å².